The zero-order valence-electron chi connectivity index (χ0n) is 11.0. The van der Waals surface area contributed by atoms with Gasteiger partial charge in [-0.25, -0.2) is 4.68 Å². The third-order valence-corrected chi connectivity index (χ3v) is 3.78. The van der Waals surface area contributed by atoms with Gasteiger partial charge in [-0.1, -0.05) is 12.8 Å². The molecule has 0 spiro atoms. The second kappa shape index (κ2) is 4.91. The zero-order chi connectivity index (χ0) is 13.2. The predicted molar refractivity (Wildman–Crippen MR) is 73.2 cm³/mol. The molecule has 0 radical (unpaired) electrons. The molecule has 2 aromatic rings. The first kappa shape index (κ1) is 12.0. The van der Waals surface area contributed by atoms with E-state index in [1.54, 1.807) is 18.5 Å². The summed E-state index contributed by atoms with van der Waals surface area (Å²) < 4.78 is 1.95. The quantitative estimate of drug-likeness (QED) is 0.889. The lowest BCUT2D eigenvalue weighted by molar-refractivity contribution is 0.102. The third-order valence-electron chi connectivity index (χ3n) is 3.78. The number of anilines is 1. The number of nitrogens with zero attached hydrogens (tertiary/aromatic N) is 2. The molecule has 0 aromatic carbocycles. The smallest absolute Gasteiger partial charge is 0.258 e. The average molecular weight is 258 g/mol. The largest absolute Gasteiger partial charge is 0.365 e. The second-order valence-corrected chi connectivity index (χ2v) is 5.07. The highest BCUT2D eigenvalue weighted by molar-refractivity contribution is 6.04. The van der Waals surface area contributed by atoms with Crippen molar-refractivity contribution in [3.05, 3.63) is 35.8 Å². The maximum absolute atomic E-state index is 12.2. The fourth-order valence-electron chi connectivity index (χ4n) is 2.74. The predicted octanol–water partition coefficient (Wildman–Crippen LogP) is 2.89. The van der Waals surface area contributed by atoms with Crippen LogP contribution in [-0.4, -0.2) is 20.7 Å². The Labute approximate surface area is 112 Å². The molecule has 100 valence electrons. The van der Waals surface area contributed by atoms with E-state index in [-0.39, 0.29) is 5.91 Å². The Balaban J connectivity index is 1.78. The van der Waals surface area contributed by atoms with Crippen LogP contribution in [0.25, 0.3) is 0 Å². The monoisotopic (exact) mass is 258 g/mol. The molecular weight excluding hydrogens is 240 g/mol. The average Bonchev–Trinajstić information content (AvgIpc) is 3.07. The number of aromatic amines is 1. The van der Waals surface area contributed by atoms with E-state index in [0.717, 1.165) is 24.4 Å². The molecule has 5 heteroatoms. The van der Waals surface area contributed by atoms with Gasteiger partial charge < -0.3 is 10.3 Å². The fourth-order valence-corrected chi connectivity index (χ4v) is 2.74. The van der Waals surface area contributed by atoms with E-state index in [2.05, 4.69) is 15.4 Å². The van der Waals surface area contributed by atoms with Crippen molar-refractivity contribution in [2.45, 2.75) is 38.6 Å². The summed E-state index contributed by atoms with van der Waals surface area (Å²) in [5.41, 5.74) is 1.56. The van der Waals surface area contributed by atoms with E-state index in [4.69, 9.17) is 0 Å². The van der Waals surface area contributed by atoms with Crippen molar-refractivity contribution in [2.75, 3.05) is 5.32 Å². The Morgan fingerprint density at radius 1 is 1.42 bits per heavy atom. The molecule has 1 saturated carbocycles. The highest BCUT2D eigenvalue weighted by Gasteiger charge is 2.21. The van der Waals surface area contributed by atoms with E-state index in [9.17, 15) is 4.79 Å². The zero-order valence-corrected chi connectivity index (χ0v) is 11.0. The minimum absolute atomic E-state index is 0.0847. The molecule has 1 aliphatic carbocycles. The van der Waals surface area contributed by atoms with Crippen molar-refractivity contribution in [1.29, 1.82) is 0 Å². The normalized spacial score (nSPS) is 15.8. The summed E-state index contributed by atoms with van der Waals surface area (Å²) in [6, 6.07) is 4.08. The van der Waals surface area contributed by atoms with Crippen molar-refractivity contribution in [3.8, 4) is 0 Å². The Bertz CT molecular complexity index is 578. The van der Waals surface area contributed by atoms with Gasteiger partial charge in [0.05, 0.1) is 17.8 Å². The van der Waals surface area contributed by atoms with E-state index in [0.29, 0.717) is 11.6 Å². The number of aromatic nitrogens is 3. The number of amides is 1. The maximum Gasteiger partial charge on any atom is 0.258 e. The summed E-state index contributed by atoms with van der Waals surface area (Å²) in [5.74, 6) is 0.705. The van der Waals surface area contributed by atoms with Crippen LogP contribution in [0.1, 0.15) is 47.8 Å². The SMILES string of the molecule is Cc1[nH]ccc1C(=O)Nc1ccnn1C1CCCC1. The fraction of sp³-hybridized carbons (Fsp3) is 0.429. The Hall–Kier alpha value is -2.04. The highest BCUT2D eigenvalue weighted by Crippen LogP contribution is 2.31. The van der Waals surface area contributed by atoms with Gasteiger partial charge in [-0.15, -0.1) is 0 Å². The molecule has 2 aromatic heterocycles. The second-order valence-electron chi connectivity index (χ2n) is 5.07. The number of hydrogen-bond donors (Lipinski definition) is 2. The molecule has 1 aliphatic rings. The van der Waals surface area contributed by atoms with Crippen molar-refractivity contribution >= 4 is 11.7 Å². The van der Waals surface area contributed by atoms with Gasteiger partial charge in [-0.2, -0.15) is 5.10 Å². The van der Waals surface area contributed by atoms with Crippen molar-refractivity contribution in [1.82, 2.24) is 14.8 Å². The van der Waals surface area contributed by atoms with Crippen molar-refractivity contribution < 1.29 is 4.79 Å². The van der Waals surface area contributed by atoms with Gasteiger partial charge in [-0.05, 0) is 25.8 Å². The summed E-state index contributed by atoms with van der Waals surface area (Å²) >= 11 is 0. The van der Waals surface area contributed by atoms with Crippen LogP contribution in [0.4, 0.5) is 5.82 Å². The lowest BCUT2D eigenvalue weighted by atomic mass is 10.2. The molecule has 0 aliphatic heterocycles. The van der Waals surface area contributed by atoms with Gasteiger partial charge in [0.1, 0.15) is 5.82 Å². The lowest BCUT2D eigenvalue weighted by Crippen LogP contribution is -2.17. The standard InChI is InChI=1S/C14H18N4O/c1-10-12(6-8-15-10)14(19)17-13-7-9-16-18(13)11-4-2-3-5-11/h6-9,11,15H,2-5H2,1H3,(H,17,19). The molecule has 2 heterocycles. The number of hydrogen-bond acceptors (Lipinski definition) is 2. The van der Waals surface area contributed by atoms with Crippen LogP contribution in [-0.2, 0) is 0 Å². The van der Waals surface area contributed by atoms with Crippen LogP contribution in [0.5, 0.6) is 0 Å². The van der Waals surface area contributed by atoms with E-state index < -0.39 is 0 Å². The Morgan fingerprint density at radius 3 is 2.89 bits per heavy atom. The van der Waals surface area contributed by atoms with Crippen LogP contribution in [0, 0.1) is 6.92 Å². The number of aryl methyl sites for hydroxylation is 1. The minimum atomic E-state index is -0.0847. The summed E-state index contributed by atoms with van der Waals surface area (Å²) in [4.78, 5) is 15.2. The maximum atomic E-state index is 12.2. The molecule has 0 saturated heterocycles. The number of carbonyl (C=O) groups excluding carboxylic acids is 1. The molecule has 1 amide bonds. The minimum Gasteiger partial charge on any atom is -0.365 e. The summed E-state index contributed by atoms with van der Waals surface area (Å²) in [6.45, 7) is 1.89. The Kier molecular flexibility index (Phi) is 3.11. The molecule has 0 bridgehead atoms. The van der Waals surface area contributed by atoms with Crippen LogP contribution >= 0.6 is 0 Å². The van der Waals surface area contributed by atoms with Crippen LogP contribution in [0.2, 0.25) is 0 Å². The van der Waals surface area contributed by atoms with Gasteiger partial charge in [0.15, 0.2) is 0 Å². The molecule has 19 heavy (non-hydrogen) atoms. The van der Waals surface area contributed by atoms with Gasteiger partial charge in [0.25, 0.3) is 5.91 Å². The number of rotatable bonds is 3. The van der Waals surface area contributed by atoms with Crippen molar-refractivity contribution in [3.63, 3.8) is 0 Å². The molecule has 2 N–H and O–H groups in total. The molecule has 3 rings (SSSR count). The number of H-pyrrole nitrogens is 1. The summed E-state index contributed by atoms with van der Waals surface area (Å²) in [5, 5.41) is 7.30. The Morgan fingerprint density at radius 2 is 2.21 bits per heavy atom. The van der Waals surface area contributed by atoms with Crippen LogP contribution in [0.3, 0.4) is 0 Å². The van der Waals surface area contributed by atoms with Gasteiger partial charge >= 0.3 is 0 Å². The highest BCUT2D eigenvalue weighted by atomic mass is 16.1. The molecule has 0 unspecified atom stereocenters. The molecule has 5 nitrogen and oxygen atoms in total. The first-order valence-electron chi connectivity index (χ1n) is 6.74. The van der Waals surface area contributed by atoms with Gasteiger partial charge in [0, 0.05) is 18.0 Å². The van der Waals surface area contributed by atoms with E-state index in [1.165, 1.54) is 12.8 Å². The number of carbonyl (C=O) groups is 1. The van der Waals surface area contributed by atoms with Gasteiger partial charge in [-0.3, -0.25) is 4.79 Å². The first-order valence-corrected chi connectivity index (χ1v) is 6.74. The summed E-state index contributed by atoms with van der Waals surface area (Å²) in [6.07, 6.45) is 8.31. The van der Waals surface area contributed by atoms with E-state index in [1.807, 2.05) is 17.7 Å². The summed E-state index contributed by atoms with van der Waals surface area (Å²) in [7, 11) is 0. The topological polar surface area (TPSA) is 62.7 Å². The molecule has 1 fully saturated rings. The number of nitrogens with one attached hydrogen (secondary N) is 2. The molecular formula is C14H18N4O. The molecule has 0 atom stereocenters. The third kappa shape index (κ3) is 2.28. The van der Waals surface area contributed by atoms with Crippen molar-refractivity contribution in [2.24, 2.45) is 0 Å². The van der Waals surface area contributed by atoms with Gasteiger partial charge in [0.2, 0.25) is 0 Å². The van der Waals surface area contributed by atoms with Crippen LogP contribution < -0.4 is 5.32 Å². The van der Waals surface area contributed by atoms with Crippen LogP contribution in [0.15, 0.2) is 24.5 Å². The van der Waals surface area contributed by atoms with E-state index >= 15 is 0 Å². The first-order chi connectivity index (χ1) is 9.25. The lowest BCUT2D eigenvalue weighted by Gasteiger charge is -2.14.